The highest BCUT2D eigenvalue weighted by Crippen LogP contribution is 2.28. The third kappa shape index (κ3) is 2.74. The Labute approximate surface area is 104 Å². The average molecular weight is 249 g/mol. The van der Waals surface area contributed by atoms with Crippen molar-refractivity contribution in [2.45, 2.75) is 13.3 Å². The molecular weight excluding hydrogens is 234 g/mol. The van der Waals surface area contributed by atoms with E-state index in [1.54, 1.807) is 17.4 Å². The Morgan fingerprint density at radius 1 is 1.53 bits per heavy atom. The first kappa shape index (κ1) is 11.9. The summed E-state index contributed by atoms with van der Waals surface area (Å²) >= 11 is 1.59. The maximum Gasteiger partial charge on any atom is 0.227 e. The number of nitrogens with zero attached hydrogens (tertiary/aromatic N) is 2. The lowest BCUT2D eigenvalue weighted by atomic mass is 10.4. The molecule has 5 heteroatoms. The fourth-order valence-corrected chi connectivity index (χ4v) is 2.15. The van der Waals surface area contributed by atoms with E-state index in [0.717, 1.165) is 23.2 Å². The SMILES string of the molecule is C=CCOc1nc(NCCC)nc2sccc12. The first-order chi connectivity index (χ1) is 8.35. The molecule has 2 aromatic rings. The normalized spacial score (nSPS) is 10.4. The number of ether oxygens (including phenoxy) is 1. The fraction of sp³-hybridized carbons (Fsp3) is 0.333. The third-order valence-corrected chi connectivity index (χ3v) is 2.97. The molecule has 2 rings (SSSR count). The second-order valence-electron chi connectivity index (χ2n) is 3.52. The maximum absolute atomic E-state index is 5.54. The Kier molecular flexibility index (Phi) is 3.93. The third-order valence-electron chi connectivity index (χ3n) is 2.16. The van der Waals surface area contributed by atoms with Gasteiger partial charge in [0.1, 0.15) is 11.4 Å². The Balaban J connectivity index is 2.32. The van der Waals surface area contributed by atoms with Gasteiger partial charge in [-0.05, 0) is 17.9 Å². The summed E-state index contributed by atoms with van der Waals surface area (Å²) in [5.74, 6) is 1.25. The van der Waals surface area contributed by atoms with Gasteiger partial charge in [0.2, 0.25) is 11.8 Å². The molecule has 2 heterocycles. The Hall–Kier alpha value is -1.62. The smallest absolute Gasteiger partial charge is 0.227 e. The zero-order valence-corrected chi connectivity index (χ0v) is 10.6. The Bertz CT molecular complexity index is 509. The standard InChI is InChI=1S/C12H15N3OS/c1-3-6-13-12-14-10(16-7-4-2)9-5-8-17-11(9)15-12/h4-5,8H,2-3,6-7H2,1H3,(H,13,14,15). The zero-order valence-electron chi connectivity index (χ0n) is 9.77. The lowest BCUT2D eigenvalue weighted by Crippen LogP contribution is -2.06. The van der Waals surface area contributed by atoms with Crippen LogP contribution >= 0.6 is 11.3 Å². The monoisotopic (exact) mass is 249 g/mol. The van der Waals surface area contributed by atoms with Gasteiger partial charge >= 0.3 is 0 Å². The molecule has 0 aliphatic rings. The van der Waals surface area contributed by atoms with E-state index in [-0.39, 0.29) is 0 Å². The second-order valence-corrected chi connectivity index (χ2v) is 4.41. The molecule has 17 heavy (non-hydrogen) atoms. The van der Waals surface area contributed by atoms with E-state index in [1.165, 1.54) is 0 Å². The molecule has 0 bridgehead atoms. The largest absolute Gasteiger partial charge is 0.473 e. The summed E-state index contributed by atoms with van der Waals surface area (Å²) < 4.78 is 5.54. The van der Waals surface area contributed by atoms with E-state index in [4.69, 9.17) is 4.74 Å². The molecule has 0 atom stereocenters. The van der Waals surface area contributed by atoms with Crippen LogP contribution in [0, 0.1) is 0 Å². The number of nitrogens with one attached hydrogen (secondary N) is 1. The summed E-state index contributed by atoms with van der Waals surface area (Å²) in [6, 6.07) is 1.97. The summed E-state index contributed by atoms with van der Waals surface area (Å²) in [6.45, 7) is 7.05. The van der Waals surface area contributed by atoms with Crippen LogP contribution in [0.2, 0.25) is 0 Å². The summed E-state index contributed by atoms with van der Waals surface area (Å²) in [5, 5.41) is 6.12. The molecule has 0 radical (unpaired) electrons. The predicted molar refractivity (Wildman–Crippen MR) is 71.9 cm³/mol. The van der Waals surface area contributed by atoms with E-state index in [9.17, 15) is 0 Å². The Morgan fingerprint density at radius 3 is 3.18 bits per heavy atom. The van der Waals surface area contributed by atoms with Gasteiger partial charge in [-0.1, -0.05) is 19.6 Å². The van der Waals surface area contributed by atoms with Crippen LogP contribution < -0.4 is 10.1 Å². The van der Waals surface area contributed by atoms with Gasteiger partial charge in [-0.3, -0.25) is 0 Å². The fourth-order valence-electron chi connectivity index (χ4n) is 1.39. The number of rotatable bonds is 6. The maximum atomic E-state index is 5.54. The highest BCUT2D eigenvalue weighted by atomic mass is 32.1. The quantitative estimate of drug-likeness (QED) is 0.799. The van der Waals surface area contributed by atoms with Crippen molar-refractivity contribution in [2.75, 3.05) is 18.5 Å². The van der Waals surface area contributed by atoms with Crippen LogP contribution in [-0.2, 0) is 0 Å². The first-order valence-electron chi connectivity index (χ1n) is 5.58. The van der Waals surface area contributed by atoms with Gasteiger partial charge in [-0.25, -0.2) is 4.98 Å². The summed E-state index contributed by atoms with van der Waals surface area (Å²) in [5.41, 5.74) is 0. The summed E-state index contributed by atoms with van der Waals surface area (Å²) in [7, 11) is 0. The van der Waals surface area contributed by atoms with Crippen molar-refractivity contribution in [1.29, 1.82) is 0 Å². The molecular formula is C12H15N3OS. The molecule has 0 saturated carbocycles. The molecule has 0 aliphatic carbocycles. The van der Waals surface area contributed by atoms with Crippen molar-refractivity contribution in [3.8, 4) is 5.88 Å². The lowest BCUT2D eigenvalue weighted by Gasteiger charge is -2.07. The Morgan fingerprint density at radius 2 is 2.41 bits per heavy atom. The number of fused-ring (bicyclic) bond motifs is 1. The van der Waals surface area contributed by atoms with Crippen LogP contribution in [0.3, 0.4) is 0 Å². The minimum Gasteiger partial charge on any atom is -0.473 e. The van der Waals surface area contributed by atoms with Crippen LogP contribution in [0.25, 0.3) is 10.2 Å². The zero-order chi connectivity index (χ0) is 12.1. The molecule has 4 nitrogen and oxygen atoms in total. The number of hydrogen-bond acceptors (Lipinski definition) is 5. The van der Waals surface area contributed by atoms with Gasteiger partial charge < -0.3 is 10.1 Å². The van der Waals surface area contributed by atoms with E-state index in [1.807, 2.05) is 11.4 Å². The van der Waals surface area contributed by atoms with Crippen molar-refractivity contribution in [3.05, 3.63) is 24.1 Å². The number of aromatic nitrogens is 2. The lowest BCUT2D eigenvalue weighted by molar-refractivity contribution is 0.353. The van der Waals surface area contributed by atoms with Gasteiger partial charge in [0.15, 0.2) is 0 Å². The van der Waals surface area contributed by atoms with Crippen molar-refractivity contribution in [3.63, 3.8) is 0 Å². The van der Waals surface area contributed by atoms with Crippen molar-refractivity contribution in [1.82, 2.24) is 9.97 Å². The molecule has 1 N–H and O–H groups in total. The van der Waals surface area contributed by atoms with Gasteiger partial charge in [0, 0.05) is 6.54 Å². The number of thiophene rings is 1. The summed E-state index contributed by atoms with van der Waals surface area (Å²) in [6.07, 6.45) is 2.74. The van der Waals surface area contributed by atoms with Gasteiger partial charge in [-0.2, -0.15) is 4.98 Å². The molecule has 0 saturated heterocycles. The van der Waals surface area contributed by atoms with E-state index < -0.39 is 0 Å². The molecule has 0 aliphatic heterocycles. The van der Waals surface area contributed by atoms with Crippen LogP contribution in [0.4, 0.5) is 5.95 Å². The number of anilines is 1. The van der Waals surface area contributed by atoms with Crippen molar-refractivity contribution >= 4 is 27.5 Å². The predicted octanol–water partition coefficient (Wildman–Crippen LogP) is 3.08. The van der Waals surface area contributed by atoms with Gasteiger partial charge in [0.25, 0.3) is 0 Å². The molecule has 0 unspecified atom stereocenters. The molecule has 0 aromatic carbocycles. The van der Waals surface area contributed by atoms with E-state index in [2.05, 4.69) is 28.8 Å². The average Bonchev–Trinajstić information content (AvgIpc) is 2.81. The minimum absolute atomic E-state index is 0.454. The molecule has 0 amide bonds. The van der Waals surface area contributed by atoms with Gasteiger partial charge in [0.05, 0.1) is 5.39 Å². The highest BCUT2D eigenvalue weighted by Gasteiger charge is 2.09. The highest BCUT2D eigenvalue weighted by molar-refractivity contribution is 7.16. The molecule has 90 valence electrons. The van der Waals surface area contributed by atoms with Crippen LogP contribution in [0.5, 0.6) is 5.88 Å². The van der Waals surface area contributed by atoms with Gasteiger partial charge in [-0.15, -0.1) is 11.3 Å². The van der Waals surface area contributed by atoms with Crippen LogP contribution in [0.15, 0.2) is 24.1 Å². The van der Waals surface area contributed by atoms with Crippen LogP contribution in [-0.4, -0.2) is 23.1 Å². The van der Waals surface area contributed by atoms with Crippen LogP contribution in [0.1, 0.15) is 13.3 Å². The number of hydrogen-bond donors (Lipinski definition) is 1. The second kappa shape index (κ2) is 5.63. The van der Waals surface area contributed by atoms with Crippen molar-refractivity contribution in [2.24, 2.45) is 0 Å². The molecule has 2 aromatic heterocycles. The molecule has 0 fully saturated rings. The first-order valence-corrected chi connectivity index (χ1v) is 6.46. The topological polar surface area (TPSA) is 47.0 Å². The molecule has 0 spiro atoms. The summed E-state index contributed by atoms with van der Waals surface area (Å²) in [4.78, 5) is 9.74. The van der Waals surface area contributed by atoms with Crippen molar-refractivity contribution < 1.29 is 4.74 Å². The van der Waals surface area contributed by atoms with E-state index >= 15 is 0 Å². The minimum atomic E-state index is 0.454. The van der Waals surface area contributed by atoms with E-state index in [0.29, 0.717) is 18.4 Å².